The van der Waals surface area contributed by atoms with Crippen molar-refractivity contribution in [3.8, 4) is 0 Å². The molecular weight excluding hydrogens is 320 g/mol. The fourth-order valence-corrected chi connectivity index (χ4v) is 1.59. The summed E-state index contributed by atoms with van der Waals surface area (Å²) in [6.07, 6.45) is 0. The summed E-state index contributed by atoms with van der Waals surface area (Å²) < 4.78 is 1.000. The zero-order valence-electron chi connectivity index (χ0n) is 6.62. The number of carbonyl (C=O) groups is 2. The Morgan fingerprint density at radius 2 is 1.21 bits per heavy atom. The van der Waals surface area contributed by atoms with Gasteiger partial charge in [0, 0.05) is 8.95 Å². The van der Waals surface area contributed by atoms with Crippen LogP contribution < -0.4 is 0 Å². The quantitative estimate of drug-likeness (QED) is 0.877. The first-order chi connectivity index (χ1) is 6.43. The monoisotopic (exact) mass is 322 g/mol. The van der Waals surface area contributed by atoms with E-state index in [4.69, 9.17) is 10.2 Å². The van der Waals surface area contributed by atoms with Crippen molar-refractivity contribution in [2.24, 2.45) is 0 Å². The molecule has 0 radical (unpaired) electrons. The van der Waals surface area contributed by atoms with Crippen molar-refractivity contribution < 1.29 is 19.8 Å². The van der Waals surface area contributed by atoms with Crippen molar-refractivity contribution >= 4 is 43.8 Å². The summed E-state index contributed by atoms with van der Waals surface area (Å²) in [4.78, 5) is 21.4. The lowest BCUT2D eigenvalue weighted by Crippen LogP contribution is -2.08. The van der Waals surface area contributed by atoms with E-state index in [0.29, 0.717) is 8.95 Å². The molecule has 0 unspecified atom stereocenters. The van der Waals surface area contributed by atoms with Gasteiger partial charge in [-0.05, 0) is 44.0 Å². The molecule has 0 aromatic heterocycles. The van der Waals surface area contributed by atoms with E-state index in [1.165, 1.54) is 12.1 Å². The van der Waals surface area contributed by atoms with Gasteiger partial charge >= 0.3 is 11.9 Å². The zero-order valence-corrected chi connectivity index (χ0v) is 9.79. The van der Waals surface area contributed by atoms with Crippen LogP contribution in [0.2, 0.25) is 0 Å². The molecule has 2 N–H and O–H groups in total. The molecule has 1 rings (SSSR count). The van der Waals surface area contributed by atoms with Crippen LogP contribution in [0, 0.1) is 0 Å². The highest BCUT2D eigenvalue weighted by atomic mass is 79.9. The molecule has 0 saturated heterocycles. The third-order valence-corrected chi connectivity index (χ3v) is 3.37. The molecule has 0 amide bonds. The van der Waals surface area contributed by atoms with E-state index < -0.39 is 11.9 Å². The number of hydrogen-bond acceptors (Lipinski definition) is 2. The number of halogens is 2. The Morgan fingerprint density at radius 1 is 0.929 bits per heavy atom. The van der Waals surface area contributed by atoms with Crippen molar-refractivity contribution in [2.75, 3.05) is 0 Å². The van der Waals surface area contributed by atoms with E-state index in [9.17, 15) is 9.59 Å². The number of hydrogen-bond donors (Lipinski definition) is 2. The fraction of sp³-hybridized carbons (Fsp3) is 0. The highest BCUT2D eigenvalue weighted by Gasteiger charge is 2.17. The topological polar surface area (TPSA) is 74.6 Å². The average Bonchev–Trinajstić information content (AvgIpc) is 2.08. The molecule has 1 aromatic carbocycles. The van der Waals surface area contributed by atoms with Crippen LogP contribution >= 0.6 is 31.9 Å². The summed E-state index contributed by atoms with van der Waals surface area (Å²) >= 11 is 6.19. The SMILES string of the molecule is O=C(O)c1cc(Br)c(Br)cc1C(=O)O. The van der Waals surface area contributed by atoms with E-state index in [1.807, 2.05) is 0 Å². The Labute approximate surface area is 95.8 Å². The highest BCUT2D eigenvalue weighted by Crippen LogP contribution is 2.26. The van der Waals surface area contributed by atoms with Gasteiger partial charge in [-0.1, -0.05) is 0 Å². The molecule has 0 aliphatic carbocycles. The zero-order chi connectivity index (χ0) is 10.9. The van der Waals surface area contributed by atoms with Crippen molar-refractivity contribution in [3.05, 3.63) is 32.2 Å². The van der Waals surface area contributed by atoms with Crippen LogP contribution in [0.1, 0.15) is 20.7 Å². The molecule has 0 atom stereocenters. The molecule has 1 aromatic rings. The molecule has 0 bridgehead atoms. The first-order valence-corrected chi connectivity index (χ1v) is 4.97. The number of rotatable bonds is 2. The standard InChI is InChI=1S/C8H4Br2O4/c9-5-1-3(7(11)12)4(8(13)14)2-6(5)10/h1-2H,(H,11,12)(H,13,14). The van der Waals surface area contributed by atoms with Crippen molar-refractivity contribution in [1.29, 1.82) is 0 Å². The van der Waals surface area contributed by atoms with Crippen LogP contribution in [0.3, 0.4) is 0 Å². The summed E-state index contributed by atoms with van der Waals surface area (Å²) in [5.41, 5.74) is -0.486. The maximum absolute atomic E-state index is 10.7. The predicted molar refractivity (Wildman–Crippen MR) is 55.8 cm³/mol. The summed E-state index contributed by atoms with van der Waals surface area (Å²) in [6.45, 7) is 0. The molecular formula is C8H4Br2O4. The Balaban J connectivity index is 3.46. The molecule has 74 valence electrons. The minimum absolute atomic E-state index is 0.243. The Morgan fingerprint density at radius 3 is 1.43 bits per heavy atom. The molecule has 14 heavy (non-hydrogen) atoms. The van der Waals surface area contributed by atoms with Crippen molar-refractivity contribution in [3.63, 3.8) is 0 Å². The second-order valence-corrected chi connectivity index (χ2v) is 4.13. The summed E-state index contributed by atoms with van der Waals surface area (Å²) in [5, 5.41) is 17.5. The van der Waals surface area contributed by atoms with Crippen LogP contribution in [-0.4, -0.2) is 22.2 Å². The van der Waals surface area contributed by atoms with Gasteiger partial charge in [0.25, 0.3) is 0 Å². The van der Waals surface area contributed by atoms with Crippen LogP contribution in [0.4, 0.5) is 0 Å². The van der Waals surface area contributed by atoms with Crippen LogP contribution in [0.25, 0.3) is 0 Å². The van der Waals surface area contributed by atoms with Crippen molar-refractivity contribution in [1.82, 2.24) is 0 Å². The predicted octanol–water partition coefficient (Wildman–Crippen LogP) is 2.61. The smallest absolute Gasteiger partial charge is 0.336 e. The lowest BCUT2D eigenvalue weighted by molar-refractivity contribution is 0.0651. The largest absolute Gasteiger partial charge is 0.478 e. The van der Waals surface area contributed by atoms with E-state index >= 15 is 0 Å². The van der Waals surface area contributed by atoms with Crippen LogP contribution in [0.15, 0.2) is 21.1 Å². The van der Waals surface area contributed by atoms with Gasteiger partial charge in [-0.2, -0.15) is 0 Å². The van der Waals surface area contributed by atoms with Gasteiger partial charge in [0.05, 0.1) is 11.1 Å². The van der Waals surface area contributed by atoms with Crippen molar-refractivity contribution in [2.45, 2.75) is 0 Å². The maximum Gasteiger partial charge on any atom is 0.336 e. The van der Waals surface area contributed by atoms with Crippen LogP contribution in [-0.2, 0) is 0 Å². The van der Waals surface area contributed by atoms with Gasteiger partial charge in [0.2, 0.25) is 0 Å². The second kappa shape index (κ2) is 4.10. The van der Waals surface area contributed by atoms with Gasteiger partial charge in [0.15, 0.2) is 0 Å². The molecule has 4 nitrogen and oxygen atoms in total. The highest BCUT2D eigenvalue weighted by molar-refractivity contribution is 9.13. The third-order valence-electron chi connectivity index (χ3n) is 1.52. The number of carboxylic acid groups (broad SMARTS) is 2. The first kappa shape index (κ1) is 11.2. The van der Waals surface area contributed by atoms with E-state index in [1.54, 1.807) is 0 Å². The fourth-order valence-electron chi connectivity index (χ4n) is 0.901. The molecule has 0 saturated carbocycles. The molecule has 0 heterocycles. The van der Waals surface area contributed by atoms with Crippen LogP contribution in [0.5, 0.6) is 0 Å². The first-order valence-electron chi connectivity index (χ1n) is 3.39. The van der Waals surface area contributed by atoms with E-state index in [2.05, 4.69) is 31.9 Å². The summed E-state index contributed by atoms with van der Waals surface area (Å²) in [6, 6.07) is 2.49. The van der Waals surface area contributed by atoms with Gasteiger partial charge in [-0.25, -0.2) is 9.59 Å². The van der Waals surface area contributed by atoms with Gasteiger partial charge in [-0.3, -0.25) is 0 Å². The maximum atomic E-state index is 10.7. The minimum Gasteiger partial charge on any atom is -0.478 e. The Kier molecular flexibility index (Phi) is 3.28. The van der Waals surface area contributed by atoms with Gasteiger partial charge in [-0.15, -0.1) is 0 Å². The Bertz CT molecular complexity index is 375. The average molecular weight is 324 g/mol. The molecule has 0 aliphatic rings. The number of benzene rings is 1. The normalized spacial score (nSPS) is 9.86. The molecule has 0 spiro atoms. The molecule has 6 heteroatoms. The van der Waals surface area contributed by atoms with E-state index in [0.717, 1.165) is 0 Å². The number of aromatic carboxylic acids is 2. The van der Waals surface area contributed by atoms with Gasteiger partial charge < -0.3 is 10.2 Å². The number of carboxylic acids is 2. The second-order valence-electron chi connectivity index (χ2n) is 2.42. The molecule has 0 aliphatic heterocycles. The summed E-state index contributed by atoms with van der Waals surface area (Å²) in [5.74, 6) is -2.54. The lowest BCUT2D eigenvalue weighted by Gasteiger charge is -2.03. The summed E-state index contributed by atoms with van der Waals surface area (Å²) in [7, 11) is 0. The molecule has 0 fully saturated rings. The van der Waals surface area contributed by atoms with Gasteiger partial charge in [0.1, 0.15) is 0 Å². The minimum atomic E-state index is -1.27. The lowest BCUT2D eigenvalue weighted by atomic mass is 10.1. The third kappa shape index (κ3) is 2.13. The van der Waals surface area contributed by atoms with E-state index in [-0.39, 0.29) is 11.1 Å². The Hall–Kier alpha value is -0.880.